The summed E-state index contributed by atoms with van der Waals surface area (Å²) < 4.78 is 0. The molecule has 98 valence electrons. The van der Waals surface area contributed by atoms with E-state index in [1.807, 2.05) is 0 Å². The molecule has 0 radical (unpaired) electrons. The van der Waals surface area contributed by atoms with Gasteiger partial charge in [-0.25, -0.2) is 0 Å². The van der Waals surface area contributed by atoms with Crippen molar-refractivity contribution >= 4 is 0 Å². The van der Waals surface area contributed by atoms with Crippen molar-refractivity contribution in [2.75, 3.05) is 19.6 Å². The average Bonchev–Trinajstić information content (AvgIpc) is 2.62. The number of benzene rings is 1. The summed E-state index contributed by atoms with van der Waals surface area (Å²) in [6.45, 7) is 9.39. The fourth-order valence-electron chi connectivity index (χ4n) is 3.62. The molecule has 0 aromatic heterocycles. The summed E-state index contributed by atoms with van der Waals surface area (Å²) in [7, 11) is 0. The van der Waals surface area contributed by atoms with Gasteiger partial charge < -0.3 is 4.90 Å². The molecule has 0 spiro atoms. The Labute approximate surface area is 111 Å². The second kappa shape index (κ2) is 5.02. The highest BCUT2D eigenvalue weighted by atomic mass is 15.3. The Hall–Kier alpha value is -0.860. The monoisotopic (exact) mass is 244 g/mol. The zero-order valence-corrected chi connectivity index (χ0v) is 11.6. The van der Waals surface area contributed by atoms with E-state index >= 15 is 0 Å². The normalized spacial score (nSPS) is 28.8. The lowest BCUT2D eigenvalue weighted by Gasteiger charge is -2.40. The molecule has 2 atom stereocenters. The van der Waals surface area contributed by atoms with Crippen LogP contribution in [0, 0.1) is 6.92 Å². The summed E-state index contributed by atoms with van der Waals surface area (Å²) in [5.41, 5.74) is 2.86. The highest BCUT2D eigenvalue weighted by Crippen LogP contribution is 2.31. The quantitative estimate of drug-likeness (QED) is 0.806. The summed E-state index contributed by atoms with van der Waals surface area (Å²) in [6.07, 6.45) is 2.79. The van der Waals surface area contributed by atoms with Gasteiger partial charge in [0.1, 0.15) is 0 Å². The molecule has 0 aliphatic carbocycles. The Morgan fingerprint density at radius 2 is 1.89 bits per heavy atom. The van der Waals surface area contributed by atoms with Crippen LogP contribution in [0.25, 0.3) is 0 Å². The van der Waals surface area contributed by atoms with Crippen LogP contribution >= 0.6 is 0 Å². The van der Waals surface area contributed by atoms with Gasteiger partial charge in [0.15, 0.2) is 0 Å². The predicted molar refractivity (Wildman–Crippen MR) is 75.6 cm³/mol. The zero-order chi connectivity index (χ0) is 12.5. The number of likely N-dealkylation sites (N-methyl/N-ethyl adjacent to an activating group) is 1. The molecule has 1 aromatic rings. The van der Waals surface area contributed by atoms with Gasteiger partial charge in [-0.3, -0.25) is 4.90 Å². The number of nitrogens with zero attached hydrogens (tertiary/aromatic N) is 2. The molecule has 2 heteroatoms. The molecule has 1 aromatic carbocycles. The standard InChI is InChI=1S/C16H24N2/c1-3-17-11-15-7-8-16(12-17)18(15)10-14-6-4-5-13(2)9-14/h4-6,9,15-16H,3,7-8,10-12H2,1-2H3. The molecule has 3 rings (SSSR count). The minimum absolute atomic E-state index is 0.796. The van der Waals surface area contributed by atoms with Gasteiger partial charge in [-0.2, -0.15) is 0 Å². The van der Waals surface area contributed by atoms with E-state index in [2.05, 4.69) is 47.9 Å². The Morgan fingerprint density at radius 1 is 1.17 bits per heavy atom. The van der Waals surface area contributed by atoms with Gasteiger partial charge in [-0.1, -0.05) is 36.8 Å². The Morgan fingerprint density at radius 3 is 2.50 bits per heavy atom. The summed E-state index contributed by atoms with van der Waals surface area (Å²) >= 11 is 0. The third kappa shape index (κ3) is 2.32. The molecule has 0 N–H and O–H groups in total. The molecule has 2 nitrogen and oxygen atoms in total. The van der Waals surface area contributed by atoms with Crippen molar-refractivity contribution in [2.45, 2.75) is 45.3 Å². The van der Waals surface area contributed by atoms with E-state index in [1.165, 1.54) is 43.6 Å². The summed E-state index contributed by atoms with van der Waals surface area (Å²) in [4.78, 5) is 5.37. The molecule has 18 heavy (non-hydrogen) atoms. The molecule has 0 saturated carbocycles. The SMILES string of the molecule is CCN1CC2CCC(C1)N2Cc1cccc(C)c1. The third-order valence-electron chi connectivity index (χ3n) is 4.60. The minimum atomic E-state index is 0.796. The van der Waals surface area contributed by atoms with Crippen molar-refractivity contribution in [3.05, 3.63) is 35.4 Å². The molecule has 2 heterocycles. The Balaban J connectivity index is 1.71. The Kier molecular flexibility index (Phi) is 3.40. The van der Waals surface area contributed by atoms with Gasteiger partial charge in [-0.05, 0) is 31.9 Å². The number of aryl methyl sites for hydroxylation is 1. The molecule has 0 amide bonds. The maximum Gasteiger partial charge on any atom is 0.0240 e. The molecule has 2 bridgehead atoms. The van der Waals surface area contributed by atoms with E-state index in [-0.39, 0.29) is 0 Å². The lowest BCUT2D eigenvalue weighted by molar-refractivity contribution is 0.0641. The first-order valence-electron chi connectivity index (χ1n) is 7.30. The van der Waals surface area contributed by atoms with Gasteiger partial charge in [0.05, 0.1) is 0 Å². The van der Waals surface area contributed by atoms with Crippen molar-refractivity contribution in [3.8, 4) is 0 Å². The molecule has 2 aliphatic rings. The second-order valence-electron chi connectivity index (χ2n) is 5.90. The van der Waals surface area contributed by atoms with Crippen LogP contribution in [-0.2, 0) is 6.54 Å². The van der Waals surface area contributed by atoms with Crippen LogP contribution in [0.3, 0.4) is 0 Å². The fourth-order valence-corrected chi connectivity index (χ4v) is 3.62. The van der Waals surface area contributed by atoms with Gasteiger partial charge in [0.2, 0.25) is 0 Å². The highest BCUT2D eigenvalue weighted by Gasteiger charge is 2.38. The van der Waals surface area contributed by atoms with E-state index in [9.17, 15) is 0 Å². The van der Waals surface area contributed by atoms with Crippen molar-refractivity contribution in [1.29, 1.82) is 0 Å². The number of likely N-dealkylation sites (tertiary alicyclic amines) is 1. The van der Waals surface area contributed by atoms with Crippen molar-refractivity contribution in [3.63, 3.8) is 0 Å². The maximum atomic E-state index is 2.75. The highest BCUT2D eigenvalue weighted by molar-refractivity contribution is 5.22. The number of hydrogen-bond donors (Lipinski definition) is 0. The van der Waals surface area contributed by atoms with Gasteiger partial charge in [0.25, 0.3) is 0 Å². The smallest absolute Gasteiger partial charge is 0.0240 e. The van der Waals surface area contributed by atoms with E-state index < -0.39 is 0 Å². The average molecular weight is 244 g/mol. The topological polar surface area (TPSA) is 6.48 Å². The summed E-state index contributed by atoms with van der Waals surface area (Å²) in [6, 6.07) is 10.6. The van der Waals surface area contributed by atoms with Crippen LogP contribution in [0.1, 0.15) is 30.9 Å². The number of fused-ring (bicyclic) bond motifs is 2. The first-order chi connectivity index (χ1) is 8.76. The summed E-state index contributed by atoms with van der Waals surface area (Å²) in [5.74, 6) is 0. The van der Waals surface area contributed by atoms with E-state index in [1.54, 1.807) is 0 Å². The van der Waals surface area contributed by atoms with Crippen molar-refractivity contribution < 1.29 is 0 Å². The molecule has 2 saturated heterocycles. The van der Waals surface area contributed by atoms with Gasteiger partial charge in [0, 0.05) is 31.7 Å². The zero-order valence-electron chi connectivity index (χ0n) is 11.6. The van der Waals surface area contributed by atoms with Crippen LogP contribution in [0.15, 0.2) is 24.3 Å². The van der Waals surface area contributed by atoms with Crippen LogP contribution in [0.4, 0.5) is 0 Å². The Bertz CT molecular complexity index is 401. The minimum Gasteiger partial charge on any atom is -0.301 e. The lowest BCUT2D eigenvalue weighted by atomic mass is 10.1. The van der Waals surface area contributed by atoms with E-state index in [0.717, 1.165) is 18.6 Å². The van der Waals surface area contributed by atoms with Crippen molar-refractivity contribution in [2.24, 2.45) is 0 Å². The second-order valence-corrected chi connectivity index (χ2v) is 5.90. The van der Waals surface area contributed by atoms with Crippen molar-refractivity contribution in [1.82, 2.24) is 9.80 Å². The fraction of sp³-hybridized carbons (Fsp3) is 0.625. The molecule has 2 fully saturated rings. The number of piperazine rings is 1. The van der Waals surface area contributed by atoms with E-state index in [0.29, 0.717) is 0 Å². The molecule has 2 unspecified atom stereocenters. The third-order valence-corrected chi connectivity index (χ3v) is 4.60. The first kappa shape index (κ1) is 12.2. The van der Waals surface area contributed by atoms with E-state index in [4.69, 9.17) is 0 Å². The predicted octanol–water partition coefficient (Wildman–Crippen LogP) is 2.66. The van der Waals surface area contributed by atoms with Crippen LogP contribution in [0.2, 0.25) is 0 Å². The van der Waals surface area contributed by atoms with Crippen LogP contribution in [0.5, 0.6) is 0 Å². The molecule has 2 aliphatic heterocycles. The summed E-state index contributed by atoms with van der Waals surface area (Å²) in [5, 5.41) is 0. The van der Waals surface area contributed by atoms with Crippen LogP contribution in [-0.4, -0.2) is 41.5 Å². The van der Waals surface area contributed by atoms with Crippen LogP contribution < -0.4 is 0 Å². The van der Waals surface area contributed by atoms with Gasteiger partial charge >= 0.3 is 0 Å². The first-order valence-corrected chi connectivity index (χ1v) is 7.30. The maximum absolute atomic E-state index is 2.75. The lowest BCUT2D eigenvalue weighted by Crippen LogP contribution is -2.52. The number of rotatable bonds is 3. The van der Waals surface area contributed by atoms with Gasteiger partial charge in [-0.15, -0.1) is 0 Å². The number of hydrogen-bond acceptors (Lipinski definition) is 2. The molecular weight excluding hydrogens is 220 g/mol. The molecular formula is C16H24N2. The largest absolute Gasteiger partial charge is 0.301 e.